The number of hydrogen-bond donors (Lipinski definition) is 4. The number of nitrogens with one attached hydrogen (secondary N) is 4. The van der Waals surface area contributed by atoms with Crippen LogP contribution in [0.3, 0.4) is 0 Å². The van der Waals surface area contributed by atoms with Crippen molar-refractivity contribution in [3.63, 3.8) is 0 Å². The lowest BCUT2D eigenvalue weighted by Gasteiger charge is -2.09. The summed E-state index contributed by atoms with van der Waals surface area (Å²) in [4.78, 5) is 47.9. The molecule has 1 heterocycles. The van der Waals surface area contributed by atoms with Crippen molar-refractivity contribution in [1.82, 2.24) is 10.7 Å². The maximum absolute atomic E-state index is 12.1. The van der Waals surface area contributed by atoms with E-state index in [9.17, 15) is 19.2 Å². The van der Waals surface area contributed by atoms with Crippen molar-refractivity contribution >= 4 is 52.8 Å². The van der Waals surface area contributed by atoms with Gasteiger partial charge in [0.05, 0.1) is 25.6 Å². The fraction of sp³-hybridized carbons (Fsp3) is 0.0870. The minimum absolute atomic E-state index is 0.0505. The van der Waals surface area contributed by atoms with Crippen molar-refractivity contribution in [2.45, 2.75) is 6.54 Å². The predicted octanol–water partition coefficient (Wildman–Crippen LogP) is 2.29. The number of halogens is 1. The fourth-order valence-electron chi connectivity index (χ4n) is 2.68. The van der Waals surface area contributed by atoms with Gasteiger partial charge in [-0.1, -0.05) is 29.8 Å². The molecule has 4 amide bonds. The molecule has 0 unspecified atom stereocenters. The molecule has 4 N–H and O–H groups in total. The van der Waals surface area contributed by atoms with Crippen molar-refractivity contribution in [2.75, 3.05) is 17.7 Å². The Morgan fingerprint density at radius 1 is 0.943 bits per heavy atom. The summed E-state index contributed by atoms with van der Waals surface area (Å²) in [6.07, 6.45) is 1.17. The number of nitrogens with zero attached hydrogens (tertiary/aromatic N) is 1. The number of furan rings is 1. The van der Waals surface area contributed by atoms with Crippen LogP contribution in [0.25, 0.3) is 0 Å². The summed E-state index contributed by atoms with van der Waals surface area (Å²) < 4.78 is 10.5. The van der Waals surface area contributed by atoms with Crippen LogP contribution in [0.4, 0.5) is 11.4 Å². The first-order chi connectivity index (χ1) is 16.9. The third-order valence-electron chi connectivity index (χ3n) is 4.32. The molecule has 0 saturated heterocycles. The first kappa shape index (κ1) is 25.0. The van der Waals surface area contributed by atoms with Gasteiger partial charge < -0.3 is 25.1 Å². The number of anilines is 2. The fourth-order valence-corrected chi connectivity index (χ4v) is 2.85. The van der Waals surface area contributed by atoms with Crippen molar-refractivity contribution in [3.05, 3.63) is 77.2 Å². The Kier molecular flexibility index (Phi) is 8.57. The summed E-state index contributed by atoms with van der Waals surface area (Å²) in [7, 11) is 1.41. The van der Waals surface area contributed by atoms with Gasteiger partial charge in [-0.15, -0.1) is 0 Å². The molecular formula is C23H20ClN5O6. The van der Waals surface area contributed by atoms with Gasteiger partial charge in [0, 0.05) is 10.7 Å². The predicted molar refractivity (Wildman–Crippen MR) is 128 cm³/mol. The summed E-state index contributed by atoms with van der Waals surface area (Å²) in [5, 5.41) is 11.3. The number of ether oxygens (including phenoxy) is 1. The lowest BCUT2D eigenvalue weighted by atomic mass is 10.3. The average Bonchev–Trinajstić information content (AvgIpc) is 3.30. The van der Waals surface area contributed by atoms with Crippen LogP contribution >= 0.6 is 11.6 Å². The summed E-state index contributed by atoms with van der Waals surface area (Å²) in [5.41, 5.74) is 2.78. The largest absolute Gasteiger partial charge is 0.495 e. The van der Waals surface area contributed by atoms with Crippen molar-refractivity contribution < 1.29 is 28.3 Å². The van der Waals surface area contributed by atoms with E-state index in [0.717, 1.165) is 0 Å². The maximum Gasteiger partial charge on any atom is 0.329 e. The minimum Gasteiger partial charge on any atom is -0.495 e. The van der Waals surface area contributed by atoms with Crippen LogP contribution in [-0.2, 0) is 25.7 Å². The van der Waals surface area contributed by atoms with E-state index in [2.05, 4.69) is 26.5 Å². The number of methoxy groups -OCH3 is 1. The van der Waals surface area contributed by atoms with Crippen molar-refractivity contribution in [2.24, 2.45) is 5.10 Å². The van der Waals surface area contributed by atoms with E-state index >= 15 is 0 Å². The molecule has 35 heavy (non-hydrogen) atoms. The van der Waals surface area contributed by atoms with Gasteiger partial charge in [-0.25, -0.2) is 5.43 Å². The summed E-state index contributed by atoms with van der Waals surface area (Å²) in [6, 6.07) is 16.2. The van der Waals surface area contributed by atoms with E-state index in [0.29, 0.717) is 22.2 Å². The first-order valence-electron chi connectivity index (χ1n) is 10.1. The third kappa shape index (κ3) is 7.44. The average molecular weight is 498 g/mol. The highest BCUT2D eigenvalue weighted by Gasteiger charge is 2.16. The highest BCUT2D eigenvalue weighted by atomic mass is 35.5. The zero-order chi connectivity index (χ0) is 25.2. The molecule has 3 rings (SSSR count). The van der Waals surface area contributed by atoms with Gasteiger partial charge >= 0.3 is 23.6 Å². The lowest BCUT2D eigenvalue weighted by molar-refractivity contribution is -0.136. The number of rotatable bonds is 7. The smallest absolute Gasteiger partial charge is 0.329 e. The topological polar surface area (TPSA) is 151 Å². The molecule has 12 heteroatoms. The summed E-state index contributed by atoms with van der Waals surface area (Å²) in [6.45, 7) is -0.0505. The van der Waals surface area contributed by atoms with Gasteiger partial charge in [-0.3, -0.25) is 19.2 Å². The molecule has 3 aromatic rings. The van der Waals surface area contributed by atoms with Gasteiger partial charge in [0.25, 0.3) is 0 Å². The van der Waals surface area contributed by atoms with E-state index in [1.165, 1.54) is 25.5 Å². The van der Waals surface area contributed by atoms with Crippen LogP contribution < -0.4 is 26.1 Å². The second kappa shape index (κ2) is 12.0. The quantitative estimate of drug-likeness (QED) is 0.223. The highest BCUT2D eigenvalue weighted by molar-refractivity contribution is 6.40. The molecule has 0 atom stereocenters. The van der Waals surface area contributed by atoms with Crippen LogP contribution in [0.15, 0.2) is 70.2 Å². The first-order valence-corrected chi connectivity index (χ1v) is 10.4. The zero-order valence-electron chi connectivity index (χ0n) is 18.3. The van der Waals surface area contributed by atoms with Crippen molar-refractivity contribution in [1.29, 1.82) is 0 Å². The number of benzene rings is 2. The normalized spacial score (nSPS) is 10.5. The van der Waals surface area contributed by atoms with E-state index in [1.54, 1.807) is 48.5 Å². The second-order valence-corrected chi connectivity index (χ2v) is 7.24. The highest BCUT2D eigenvalue weighted by Crippen LogP contribution is 2.27. The Hall–Kier alpha value is -4.64. The van der Waals surface area contributed by atoms with Gasteiger partial charge in [-0.2, -0.15) is 5.10 Å². The molecule has 11 nitrogen and oxygen atoms in total. The van der Waals surface area contributed by atoms with E-state index in [4.69, 9.17) is 20.8 Å². The minimum atomic E-state index is -1.04. The molecule has 180 valence electrons. The Morgan fingerprint density at radius 2 is 1.69 bits per heavy atom. The van der Waals surface area contributed by atoms with E-state index in [1.807, 2.05) is 0 Å². The van der Waals surface area contributed by atoms with Gasteiger partial charge in [-0.05, 0) is 42.5 Å². The van der Waals surface area contributed by atoms with E-state index in [-0.39, 0.29) is 18.0 Å². The number of carbonyl (C=O) groups excluding carboxylic acids is 4. The third-order valence-corrected chi connectivity index (χ3v) is 4.55. The Bertz CT molecular complexity index is 1260. The Labute approximate surface area is 204 Å². The van der Waals surface area contributed by atoms with E-state index < -0.39 is 23.6 Å². The van der Waals surface area contributed by atoms with Crippen LogP contribution in [-0.4, -0.2) is 37.0 Å². The van der Waals surface area contributed by atoms with Gasteiger partial charge in [0.1, 0.15) is 17.3 Å². The van der Waals surface area contributed by atoms with Gasteiger partial charge in [0.15, 0.2) is 0 Å². The van der Waals surface area contributed by atoms with Crippen LogP contribution in [0.2, 0.25) is 5.02 Å². The molecule has 0 saturated carbocycles. The molecule has 0 bridgehead atoms. The number of carbonyl (C=O) groups is 4. The van der Waals surface area contributed by atoms with Crippen LogP contribution in [0.5, 0.6) is 5.75 Å². The standard InChI is InChI=1S/C23H20ClN5O6/c1-34-19-10-7-14(24)11-18(19)28-22(32)23(33)29-26-13-17-9-8-16(35-17)12-25-20(30)21(31)27-15-5-3-2-4-6-15/h2-11,13H,12H2,1H3,(H,25,30)(H,27,31)(H,28,32)(H,29,33)/b26-13+. The Balaban J connectivity index is 1.45. The Morgan fingerprint density at radius 3 is 2.43 bits per heavy atom. The number of hydrogen-bond acceptors (Lipinski definition) is 7. The molecule has 1 aromatic heterocycles. The second-order valence-electron chi connectivity index (χ2n) is 6.80. The molecule has 0 aliphatic carbocycles. The number of para-hydroxylation sites is 1. The van der Waals surface area contributed by atoms with Crippen LogP contribution in [0, 0.1) is 0 Å². The molecular weight excluding hydrogens is 478 g/mol. The lowest BCUT2D eigenvalue weighted by Crippen LogP contribution is -2.34. The van der Waals surface area contributed by atoms with Crippen LogP contribution in [0.1, 0.15) is 11.5 Å². The molecule has 0 fully saturated rings. The number of amides is 4. The number of hydrazone groups is 1. The summed E-state index contributed by atoms with van der Waals surface area (Å²) >= 11 is 5.89. The molecule has 0 aliphatic rings. The maximum atomic E-state index is 12.1. The SMILES string of the molecule is COc1ccc(Cl)cc1NC(=O)C(=O)N/N=C/c1ccc(CNC(=O)C(=O)Nc2ccccc2)o1. The molecule has 0 aliphatic heterocycles. The van der Waals surface area contributed by atoms with Crippen molar-refractivity contribution in [3.8, 4) is 5.75 Å². The monoisotopic (exact) mass is 497 g/mol. The molecule has 0 spiro atoms. The zero-order valence-corrected chi connectivity index (χ0v) is 19.1. The molecule has 2 aromatic carbocycles. The summed E-state index contributed by atoms with van der Waals surface area (Å²) in [5.74, 6) is -2.78. The molecule has 0 radical (unpaired) electrons. The van der Waals surface area contributed by atoms with Gasteiger partial charge in [0.2, 0.25) is 0 Å².